The Morgan fingerprint density at radius 2 is 1.83 bits per heavy atom. The first-order valence-electron chi connectivity index (χ1n) is 9.35. The average molecular weight is 413 g/mol. The predicted octanol–water partition coefficient (Wildman–Crippen LogP) is 3.06. The number of hydrogen-bond acceptors (Lipinski definition) is 7. The van der Waals surface area contributed by atoms with E-state index in [9.17, 15) is 9.59 Å². The van der Waals surface area contributed by atoms with Gasteiger partial charge in [0.15, 0.2) is 18.1 Å². The van der Waals surface area contributed by atoms with Gasteiger partial charge >= 0.3 is 5.97 Å². The molecule has 0 aromatic heterocycles. The molecule has 8 heteroatoms. The number of nitrogens with one attached hydrogen (secondary N) is 1. The second-order valence-electron chi connectivity index (χ2n) is 6.31. The first-order valence-corrected chi connectivity index (χ1v) is 9.35. The number of benzene rings is 2. The lowest BCUT2D eigenvalue weighted by molar-refractivity contribution is -0.142. The molecule has 0 bridgehead atoms. The molecule has 3 rings (SSSR count). The van der Waals surface area contributed by atoms with Crippen LogP contribution in [0.3, 0.4) is 0 Å². The molecule has 2 aromatic rings. The van der Waals surface area contributed by atoms with Gasteiger partial charge in [-0.25, -0.2) is 4.79 Å². The van der Waals surface area contributed by atoms with Gasteiger partial charge in [0.1, 0.15) is 11.5 Å². The highest BCUT2D eigenvalue weighted by molar-refractivity contribution is 5.95. The van der Waals surface area contributed by atoms with Crippen molar-refractivity contribution in [2.45, 2.75) is 6.42 Å². The SMILES string of the molecule is COc1ccc(OC)c(NC(=O)COC(=O)/C=C/c2ccc3c(c2)OCCCO3)c1. The second-order valence-corrected chi connectivity index (χ2v) is 6.31. The third-order valence-electron chi connectivity index (χ3n) is 4.21. The van der Waals surface area contributed by atoms with E-state index in [0.717, 1.165) is 12.0 Å². The van der Waals surface area contributed by atoms with Crippen LogP contribution < -0.4 is 24.3 Å². The van der Waals surface area contributed by atoms with Gasteiger partial charge in [0.05, 0.1) is 33.1 Å². The molecule has 0 spiro atoms. The summed E-state index contributed by atoms with van der Waals surface area (Å²) in [5.74, 6) is 1.19. The lowest BCUT2D eigenvalue weighted by Gasteiger charge is -2.11. The molecule has 0 saturated heterocycles. The summed E-state index contributed by atoms with van der Waals surface area (Å²) in [6.07, 6.45) is 3.65. The first-order chi connectivity index (χ1) is 14.6. The summed E-state index contributed by atoms with van der Waals surface area (Å²) in [6.45, 7) is 0.748. The normalized spacial score (nSPS) is 12.7. The second kappa shape index (κ2) is 10.2. The maximum Gasteiger partial charge on any atom is 0.331 e. The van der Waals surface area contributed by atoms with Crippen LogP contribution in [0.2, 0.25) is 0 Å². The maximum atomic E-state index is 12.1. The standard InChI is InChI=1S/C22H23NO7/c1-26-16-6-8-18(27-2)17(13-16)23-21(24)14-30-22(25)9-5-15-4-7-19-20(12-15)29-11-3-10-28-19/h4-9,12-13H,3,10-11,14H2,1-2H3,(H,23,24)/b9-5+. The third-order valence-corrected chi connectivity index (χ3v) is 4.21. The highest BCUT2D eigenvalue weighted by Crippen LogP contribution is 2.31. The Bertz CT molecular complexity index is 939. The van der Waals surface area contributed by atoms with E-state index in [0.29, 0.717) is 41.9 Å². The molecule has 1 aliphatic heterocycles. The van der Waals surface area contributed by atoms with E-state index < -0.39 is 18.5 Å². The highest BCUT2D eigenvalue weighted by atomic mass is 16.5. The minimum atomic E-state index is -0.644. The zero-order chi connectivity index (χ0) is 21.3. The summed E-state index contributed by atoms with van der Waals surface area (Å²) < 4.78 is 26.5. The lowest BCUT2D eigenvalue weighted by Crippen LogP contribution is -2.20. The zero-order valence-corrected chi connectivity index (χ0v) is 16.8. The van der Waals surface area contributed by atoms with Crippen molar-refractivity contribution in [1.82, 2.24) is 0 Å². The van der Waals surface area contributed by atoms with E-state index in [4.69, 9.17) is 23.7 Å². The van der Waals surface area contributed by atoms with Crippen molar-refractivity contribution in [2.75, 3.05) is 39.4 Å². The molecular weight excluding hydrogens is 390 g/mol. The predicted molar refractivity (Wildman–Crippen MR) is 110 cm³/mol. The van der Waals surface area contributed by atoms with Gasteiger partial charge in [0.25, 0.3) is 5.91 Å². The molecule has 1 heterocycles. The smallest absolute Gasteiger partial charge is 0.331 e. The minimum Gasteiger partial charge on any atom is -0.497 e. The first kappa shape index (κ1) is 21.0. The fourth-order valence-electron chi connectivity index (χ4n) is 2.73. The van der Waals surface area contributed by atoms with Gasteiger partial charge in [-0.1, -0.05) is 6.07 Å². The summed E-state index contributed by atoms with van der Waals surface area (Å²) >= 11 is 0. The Morgan fingerprint density at radius 1 is 1.03 bits per heavy atom. The van der Waals surface area contributed by atoms with E-state index in [2.05, 4.69) is 5.32 Å². The number of anilines is 1. The van der Waals surface area contributed by atoms with E-state index in [1.807, 2.05) is 0 Å². The highest BCUT2D eigenvalue weighted by Gasteiger charge is 2.12. The molecular formula is C22H23NO7. The largest absolute Gasteiger partial charge is 0.497 e. The maximum absolute atomic E-state index is 12.1. The van der Waals surface area contributed by atoms with Crippen molar-refractivity contribution in [2.24, 2.45) is 0 Å². The monoisotopic (exact) mass is 413 g/mol. The molecule has 0 radical (unpaired) electrons. The fourth-order valence-corrected chi connectivity index (χ4v) is 2.73. The van der Waals surface area contributed by atoms with Crippen molar-refractivity contribution in [3.05, 3.63) is 48.0 Å². The van der Waals surface area contributed by atoms with Crippen molar-refractivity contribution in [1.29, 1.82) is 0 Å². The summed E-state index contributed by atoms with van der Waals surface area (Å²) in [6, 6.07) is 10.4. The summed E-state index contributed by atoms with van der Waals surface area (Å²) in [5.41, 5.74) is 1.17. The van der Waals surface area contributed by atoms with Gasteiger partial charge in [-0.15, -0.1) is 0 Å². The number of esters is 1. The van der Waals surface area contributed by atoms with E-state index in [-0.39, 0.29) is 0 Å². The minimum absolute atomic E-state index is 0.417. The van der Waals surface area contributed by atoms with Gasteiger partial charge in [-0.2, -0.15) is 0 Å². The summed E-state index contributed by atoms with van der Waals surface area (Å²) in [5, 5.41) is 2.63. The number of fused-ring (bicyclic) bond motifs is 1. The topological polar surface area (TPSA) is 92.3 Å². The quantitative estimate of drug-likeness (QED) is 0.551. The lowest BCUT2D eigenvalue weighted by atomic mass is 10.2. The van der Waals surface area contributed by atoms with Crippen molar-refractivity contribution in [3.63, 3.8) is 0 Å². The van der Waals surface area contributed by atoms with Crippen molar-refractivity contribution < 1.29 is 33.3 Å². The van der Waals surface area contributed by atoms with E-state index >= 15 is 0 Å². The van der Waals surface area contributed by atoms with Crippen LogP contribution in [0.5, 0.6) is 23.0 Å². The molecule has 1 aliphatic rings. The fraction of sp³-hybridized carbons (Fsp3) is 0.273. The Balaban J connectivity index is 1.53. The Morgan fingerprint density at radius 3 is 2.60 bits per heavy atom. The van der Waals surface area contributed by atoms with Crippen LogP contribution in [-0.4, -0.2) is 45.9 Å². The zero-order valence-electron chi connectivity index (χ0n) is 16.8. The van der Waals surface area contributed by atoms with Crippen LogP contribution in [0.1, 0.15) is 12.0 Å². The van der Waals surface area contributed by atoms with Gasteiger partial charge in [0, 0.05) is 18.6 Å². The molecule has 0 fully saturated rings. The van der Waals surface area contributed by atoms with E-state index in [1.165, 1.54) is 20.3 Å². The van der Waals surface area contributed by atoms with Crippen molar-refractivity contribution in [3.8, 4) is 23.0 Å². The number of amides is 1. The van der Waals surface area contributed by atoms with E-state index in [1.54, 1.807) is 42.5 Å². The number of carbonyl (C=O) groups excluding carboxylic acids is 2. The number of rotatable bonds is 7. The molecule has 0 atom stereocenters. The molecule has 8 nitrogen and oxygen atoms in total. The number of hydrogen-bond donors (Lipinski definition) is 1. The van der Waals surface area contributed by atoms with Crippen LogP contribution in [0.4, 0.5) is 5.69 Å². The van der Waals surface area contributed by atoms with Crippen LogP contribution >= 0.6 is 0 Å². The van der Waals surface area contributed by atoms with Crippen LogP contribution in [-0.2, 0) is 14.3 Å². The Kier molecular flexibility index (Phi) is 7.15. The Labute approximate surface area is 174 Å². The van der Waals surface area contributed by atoms with Crippen LogP contribution in [0.15, 0.2) is 42.5 Å². The van der Waals surface area contributed by atoms with Crippen LogP contribution in [0.25, 0.3) is 6.08 Å². The van der Waals surface area contributed by atoms with Gasteiger partial charge in [0.2, 0.25) is 0 Å². The van der Waals surface area contributed by atoms with Gasteiger partial charge in [-0.3, -0.25) is 4.79 Å². The third kappa shape index (κ3) is 5.66. The summed E-state index contributed by atoms with van der Waals surface area (Å²) in [7, 11) is 3.01. The number of carbonyl (C=O) groups is 2. The van der Waals surface area contributed by atoms with Gasteiger partial charge in [-0.05, 0) is 35.9 Å². The van der Waals surface area contributed by atoms with Crippen LogP contribution in [0, 0.1) is 0 Å². The number of methoxy groups -OCH3 is 2. The molecule has 1 N–H and O–H groups in total. The molecule has 158 valence electrons. The molecule has 2 aromatic carbocycles. The molecule has 0 aliphatic carbocycles. The summed E-state index contributed by atoms with van der Waals surface area (Å²) in [4.78, 5) is 24.1. The number of ether oxygens (including phenoxy) is 5. The molecule has 0 unspecified atom stereocenters. The van der Waals surface area contributed by atoms with Crippen molar-refractivity contribution >= 4 is 23.6 Å². The Hall–Kier alpha value is -3.68. The van der Waals surface area contributed by atoms with Gasteiger partial charge < -0.3 is 29.0 Å². The molecule has 30 heavy (non-hydrogen) atoms. The molecule has 1 amide bonds. The molecule has 0 saturated carbocycles. The average Bonchev–Trinajstić information content (AvgIpc) is 3.01.